The normalized spacial score (nSPS) is 12.1. The zero-order valence-corrected chi connectivity index (χ0v) is 31.8. The van der Waals surface area contributed by atoms with Crippen LogP contribution in [-0.4, -0.2) is 4.57 Å². The summed E-state index contributed by atoms with van der Waals surface area (Å²) in [4.78, 5) is 0. The lowest BCUT2D eigenvalue weighted by atomic mass is 9.85. The summed E-state index contributed by atoms with van der Waals surface area (Å²) in [6.07, 6.45) is 1.87. The van der Waals surface area contributed by atoms with E-state index < -0.39 is 0 Å². The molecule has 3 nitrogen and oxygen atoms in total. The highest BCUT2D eigenvalue weighted by Gasteiger charge is 2.22. The van der Waals surface area contributed by atoms with E-state index in [0.717, 1.165) is 55.3 Å². The minimum atomic E-state index is 0.848. The van der Waals surface area contributed by atoms with Crippen molar-refractivity contribution in [3.8, 4) is 39.1 Å². The summed E-state index contributed by atoms with van der Waals surface area (Å²) in [6.45, 7) is 0. The van der Waals surface area contributed by atoms with Gasteiger partial charge in [0.2, 0.25) is 0 Å². The largest absolute Gasteiger partial charge is 0.464 e. The molecule has 10 aromatic carbocycles. The Bertz CT molecular complexity index is 3790. The Morgan fingerprint density at radius 1 is 0.339 bits per heavy atom. The van der Waals surface area contributed by atoms with Gasteiger partial charge in [-0.25, -0.2) is 0 Å². The van der Waals surface area contributed by atoms with Crippen molar-refractivity contribution in [2.75, 3.05) is 0 Å². The van der Waals surface area contributed by atoms with Crippen LogP contribution in [0.3, 0.4) is 0 Å². The van der Waals surface area contributed by atoms with Gasteiger partial charge < -0.3 is 13.4 Å². The van der Waals surface area contributed by atoms with Crippen LogP contribution in [0.1, 0.15) is 0 Å². The van der Waals surface area contributed by atoms with Gasteiger partial charge in [0.05, 0.1) is 17.3 Å². The molecule has 3 heterocycles. The van der Waals surface area contributed by atoms with Crippen LogP contribution in [0.25, 0.3) is 126 Å². The summed E-state index contributed by atoms with van der Waals surface area (Å²) >= 11 is 0. The summed E-state index contributed by atoms with van der Waals surface area (Å²) in [5.41, 5.74) is 13.1. The van der Waals surface area contributed by atoms with E-state index in [1.54, 1.807) is 0 Å². The minimum Gasteiger partial charge on any atom is -0.464 e. The summed E-state index contributed by atoms with van der Waals surface area (Å²) in [6, 6.07) is 70.1. The van der Waals surface area contributed by atoms with Gasteiger partial charge in [-0.1, -0.05) is 140 Å². The molecule has 0 fully saturated rings. The lowest BCUT2D eigenvalue weighted by Crippen LogP contribution is -1.93. The maximum atomic E-state index is 6.75. The number of hydrogen-bond acceptors (Lipinski definition) is 2. The number of rotatable bonds is 4. The fourth-order valence-electron chi connectivity index (χ4n) is 9.84. The van der Waals surface area contributed by atoms with Gasteiger partial charge in [0.25, 0.3) is 0 Å². The molecule has 3 heteroatoms. The molecule has 274 valence electrons. The zero-order valence-electron chi connectivity index (χ0n) is 31.8. The van der Waals surface area contributed by atoms with Crippen molar-refractivity contribution in [3.05, 3.63) is 200 Å². The molecule has 0 aliphatic rings. The van der Waals surface area contributed by atoms with Crippen LogP contribution < -0.4 is 0 Å². The van der Waals surface area contributed by atoms with Crippen LogP contribution in [0.2, 0.25) is 0 Å². The smallest absolute Gasteiger partial charge is 0.136 e. The van der Waals surface area contributed by atoms with Crippen LogP contribution >= 0.6 is 0 Å². The van der Waals surface area contributed by atoms with Gasteiger partial charge in [0.1, 0.15) is 16.7 Å². The quantitative estimate of drug-likeness (QED) is 0.168. The molecule has 13 aromatic rings. The molecule has 0 bridgehead atoms. The van der Waals surface area contributed by atoms with Crippen molar-refractivity contribution in [2.24, 2.45) is 0 Å². The highest BCUT2D eigenvalue weighted by atomic mass is 16.3. The standard InChI is InChI=1S/C56H33NO2/c1-2-15-38(16-3-1)57-49-23-11-10-21-44(49)56-45(22-12-24-50(56)57)55-42-19-8-6-17-40(42)54(41-18-7-9-20-43(41)55)37-27-28-39-46-31-51-47(32-53(46)59-52(39)30-37)48(33-58-51)36-26-25-34-13-4-5-14-35(34)29-36/h1-33H. The van der Waals surface area contributed by atoms with Crippen LogP contribution in [0.5, 0.6) is 0 Å². The molecule has 0 saturated heterocycles. The molecule has 59 heavy (non-hydrogen) atoms. The van der Waals surface area contributed by atoms with Crippen molar-refractivity contribution >= 4 is 87.0 Å². The molecule has 0 saturated carbocycles. The van der Waals surface area contributed by atoms with E-state index in [9.17, 15) is 0 Å². The Kier molecular flexibility index (Phi) is 6.72. The number of nitrogens with zero attached hydrogens (tertiary/aromatic N) is 1. The van der Waals surface area contributed by atoms with Crippen LogP contribution in [-0.2, 0) is 0 Å². The van der Waals surface area contributed by atoms with Gasteiger partial charge in [-0.05, 0) is 115 Å². The van der Waals surface area contributed by atoms with Crippen LogP contribution in [0.4, 0.5) is 0 Å². The van der Waals surface area contributed by atoms with Crippen LogP contribution in [0.15, 0.2) is 209 Å². The first-order chi connectivity index (χ1) is 29.3. The Morgan fingerprint density at radius 3 is 1.76 bits per heavy atom. The van der Waals surface area contributed by atoms with Crippen LogP contribution in [0, 0.1) is 0 Å². The van der Waals surface area contributed by atoms with E-state index in [2.05, 4.69) is 199 Å². The first-order valence-electron chi connectivity index (χ1n) is 20.2. The number of furan rings is 2. The minimum absolute atomic E-state index is 0.848. The fraction of sp³-hybridized carbons (Fsp3) is 0. The lowest BCUT2D eigenvalue weighted by Gasteiger charge is -2.18. The van der Waals surface area contributed by atoms with Gasteiger partial charge >= 0.3 is 0 Å². The first kappa shape index (κ1) is 32.2. The van der Waals surface area contributed by atoms with Gasteiger partial charge in [-0.15, -0.1) is 0 Å². The van der Waals surface area contributed by atoms with E-state index in [0.29, 0.717) is 0 Å². The van der Waals surface area contributed by atoms with Crippen molar-refractivity contribution in [2.45, 2.75) is 0 Å². The maximum Gasteiger partial charge on any atom is 0.136 e. The molecular weight excluding hydrogens is 719 g/mol. The van der Waals surface area contributed by atoms with E-state index >= 15 is 0 Å². The van der Waals surface area contributed by atoms with Crippen molar-refractivity contribution in [1.29, 1.82) is 0 Å². The molecule has 0 atom stereocenters. The monoisotopic (exact) mass is 751 g/mol. The summed E-state index contributed by atoms with van der Waals surface area (Å²) in [5, 5.41) is 12.9. The van der Waals surface area contributed by atoms with Gasteiger partial charge in [0, 0.05) is 38.2 Å². The molecular formula is C56H33NO2. The average molecular weight is 752 g/mol. The Hall–Kier alpha value is -7.88. The predicted octanol–water partition coefficient (Wildman–Crippen LogP) is 15.9. The predicted molar refractivity (Wildman–Crippen MR) is 247 cm³/mol. The molecule has 0 unspecified atom stereocenters. The highest BCUT2D eigenvalue weighted by molar-refractivity contribution is 6.27. The van der Waals surface area contributed by atoms with E-state index in [-0.39, 0.29) is 0 Å². The van der Waals surface area contributed by atoms with Gasteiger partial charge in [-0.2, -0.15) is 0 Å². The number of fused-ring (bicyclic) bond motifs is 10. The fourth-order valence-corrected chi connectivity index (χ4v) is 9.84. The third-order valence-electron chi connectivity index (χ3n) is 12.4. The van der Waals surface area contributed by atoms with E-state index in [4.69, 9.17) is 8.83 Å². The SMILES string of the molecule is c1ccc(-n2c3ccccc3c3c(-c4c5ccccc5c(-c5ccc6c(c5)oc5cc7c(-c8ccc9ccccc9c8)coc7cc56)c5ccccc45)cccc32)cc1. The molecule has 3 aromatic heterocycles. The first-order valence-corrected chi connectivity index (χ1v) is 20.2. The Labute approximate surface area is 338 Å². The third-order valence-corrected chi connectivity index (χ3v) is 12.4. The van der Waals surface area contributed by atoms with Crippen molar-refractivity contribution in [3.63, 3.8) is 0 Å². The molecule has 0 spiro atoms. The lowest BCUT2D eigenvalue weighted by molar-refractivity contribution is 0.617. The van der Waals surface area contributed by atoms with Crippen molar-refractivity contribution < 1.29 is 8.83 Å². The molecule has 0 amide bonds. The molecule has 0 aliphatic heterocycles. The maximum absolute atomic E-state index is 6.75. The number of aromatic nitrogens is 1. The summed E-state index contributed by atoms with van der Waals surface area (Å²) in [5.74, 6) is 0. The topological polar surface area (TPSA) is 31.2 Å². The molecule has 0 aliphatic carbocycles. The second-order valence-electron chi connectivity index (χ2n) is 15.6. The van der Waals surface area contributed by atoms with Gasteiger partial charge in [-0.3, -0.25) is 0 Å². The van der Waals surface area contributed by atoms with E-state index in [1.807, 2.05) is 6.26 Å². The highest BCUT2D eigenvalue weighted by Crippen LogP contribution is 2.48. The average Bonchev–Trinajstić information content (AvgIpc) is 3.98. The number of para-hydroxylation sites is 2. The number of hydrogen-bond donors (Lipinski definition) is 0. The summed E-state index contributed by atoms with van der Waals surface area (Å²) < 4.78 is 15.4. The van der Waals surface area contributed by atoms with Crippen molar-refractivity contribution in [1.82, 2.24) is 4.57 Å². The van der Waals surface area contributed by atoms with Gasteiger partial charge in [0.15, 0.2) is 0 Å². The summed E-state index contributed by atoms with van der Waals surface area (Å²) in [7, 11) is 0. The Morgan fingerprint density at radius 2 is 0.966 bits per heavy atom. The number of benzene rings is 10. The Balaban J connectivity index is 1.02. The second kappa shape index (κ2) is 12.3. The van der Waals surface area contributed by atoms with E-state index in [1.165, 1.54) is 70.8 Å². The molecule has 0 N–H and O–H groups in total. The molecule has 0 radical (unpaired) electrons. The zero-order chi connectivity index (χ0) is 38.6. The second-order valence-corrected chi connectivity index (χ2v) is 15.6. The third kappa shape index (κ3) is 4.70. The molecule has 13 rings (SSSR count).